The average molecular weight is 249 g/mol. The summed E-state index contributed by atoms with van der Waals surface area (Å²) in [5.74, 6) is 0. The molecule has 1 aliphatic heterocycles. The quantitative estimate of drug-likeness (QED) is 0.652. The van der Waals surface area contributed by atoms with Gasteiger partial charge in [-0.3, -0.25) is 15.0 Å². The van der Waals surface area contributed by atoms with Crippen LogP contribution in [0.25, 0.3) is 0 Å². The van der Waals surface area contributed by atoms with Crippen LogP contribution in [0.4, 0.5) is 5.69 Å². The number of nitro benzene ring substituents is 1. The fourth-order valence-electron chi connectivity index (χ4n) is 2.49. The number of para-hydroxylation sites is 1. The molecule has 1 heterocycles. The molecule has 5 heteroatoms. The topological polar surface area (TPSA) is 72.4 Å². The lowest BCUT2D eigenvalue weighted by Crippen LogP contribution is -2.31. The Balaban J connectivity index is 2.09. The third-order valence-electron chi connectivity index (χ3n) is 3.71. The standard InChI is InChI=1S/C13H19N3O2/c1-13(9-14)6-7-15(10-13)8-11-4-2-3-5-12(11)16(17)18/h2-5H,6-10,14H2,1H3. The van der Waals surface area contributed by atoms with Crippen LogP contribution in [0.5, 0.6) is 0 Å². The van der Waals surface area contributed by atoms with E-state index < -0.39 is 0 Å². The normalized spacial score (nSPS) is 24.3. The van der Waals surface area contributed by atoms with Gasteiger partial charge in [0.15, 0.2) is 0 Å². The number of hydrogen-bond donors (Lipinski definition) is 1. The van der Waals surface area contributed by atoms with Gasteiger partial charge in [-0.1, -0.05) is 25.1 Å². The van der Waals surface area contributed by atoms with Crippen molar-refractivity contribution in [2.75, 3.05) is 19.6 Å². The molecule has 0 bridgehead atoms. The fraction of sp³-hybridized carbons (Fsp3) is 0.538. The maximum atomic E-state index is 10.9. The molecule has 1 unspecified atom stereocenters. The fourth-order valence-corrected chi connectivity index (χ4v) is 2.49. The Hall–Kier alpha value is -1.46. The summed E-state index contributed by atoms with van der Waals surface area (Å²) < 4.78 is 0. The highest BCUT2D eigenvalue weighted by Crippen LogP contribution is 2.30. The summed E-state index contributed by atoms with van der Waals surface area (Å²) in [5.41, 5.74) is 6.91. The summed E-state index contributed by atoms with van der Waals surface area (Å²) in [6, 6.07) is 6.94. The van der Waals surface area contributed by atoms with Crippen LogP contribution in [0.2, 0.25) is 0 Å². The SMILES string of the molecule is CC1(CN)CCN(Cc2ccccc2[N+](=O)[O-])C1. The van der Waals surface area contributed by atoms with Crippen molar-refractivity contribution in [1.82, 2.24) is 4.90 Å². The van der Waals surface area contributed by atoms with Crippen molar-refractivity contribution in [1.29, 1.82) is 0 Å². The Labute approximate surface area is 107 Å². The maximum absolute atomic E-state index is 10.9. The van der Waals surface area contributed by atoms with E-state index in [0.29, 0.717) is 13.1 Å². The van der Waals surface area contributed by atoms with Crippen molar-refractivity contribution in [2.24, 2.45) is 11.1 Å². The third-order valence-corrected chi connectivity index (χ3v) is 3.71. The van der Waals surface area contributed by atoms with Gasteiger partial charge in [-0.15, -0.1) is 0 Å². The second-order valence-corrected chi connectivity index (χ2v) is 5.36. The van der Waals surface area contributed by atoms with Crippen LogP contribution in [0.1, 0.15) is 18.9 Å². The van der Waals surface area contributed by atoms with Crippen molar-refractivity contribution >= 4 is 5.69 Å². The molecule has 0 amide bonds. The molecule has 5 nitrogen and oxygen atoms in total. The molecule has 1 fully saturated rings. The predicted molar refractivity (Wildman–Crippen MR) is 70.2 cm³/mol. The highest BCUT2D eigenvalue weighted by Gasteiger charge is 2.32. The number of rotatable bonds is 4. The number of nitrogens with two attached hydrogens (primary N) is 1. The van der Waals surface area contributed by atoms with E-state index in [-0.39, 0.29) is 16.0 Å². The van der Waals surface area contributed by atoms with E-state index in [4.69, 9.17) is 5.73 Å². The molecule has 1 atom stereocenters. The molecule has 18 heavy (non-hydrogen) atoms. The molecule has 1 aromatic rings. The van der Waals surface area contributed by atoms with Gasteiger partial charge >= 0.3 is 0 Å². The first kappa shape index (κ1) is 13.0. The second-order valence-electron chi connectivity index (χ2n) is 5.36. The summed E-state index contributed by atoms with van der Waals surface area (Å²) in [4.78, 5) is 12.9. The molecule has 0 radical (unpaired) electrons. The lowest BCUT2D eigenvalue weighted by atomic mass is 9.90. The van der Waals surface area contributed by atoms with Gasteiger partial charge in [0.2, 0.25) is 0 Å². The zero-order chi connectivity index (χ0) is 13.2. The first-order chi connectivity index (χ1) is 8.54. The molecule has 98 valence electrons. The van der Waals surface area contributed by atoms with E-state index in [1.165, 1.54) is 0 Å². The Kier molecular flexibility index (Phi) is 3.63. The van der Waals surface area contributed by atoms with Crippen LogP contribution in [-0.4, -0.2) is 29.5 Å². The van der Waals surface area contributed by atoms with Gasteiger partial charge < -0.3 is 5.73 Å². The van der Waals surface area contributed by atoms with Crippen LogP contribution in [0.3, 0.4) is 0 Å². The van der Waals surface area contributed by atoms with E-state index in [9.17, 15) is 10.1 Å². The monoisotopic (exact) mass is 249 g/mol. The van der Waals surface area contributed by atoms with Crippen LogP contribution in [0.15, 0.2) is 24.3 Å². The number of nitro groups is 1. The molecular weight excluding hydrogens is 230 g/mol. The molecule has 1 saturated heterocycles. The van der Waals surface area contributed by atoms with Gasteiger partial charge in [0.1, 0.15) is 0 Å². The van der Waals surface area contributed by atoms with E-state index in [2.05, 4.69) is 11.8 Å². The lowest BCUT2D eigenvalue weighted by molar-refractivity contribution is -0.385. The number of hydrogen-bond acceptors (Lipinski definition) is 4. The van der Waals surface area contributed by atoms with Gasteiger partial charge in [0.05, 0.1) is 4.92 Å². The van der Waals surface area contributed by atoms with Gasteiger partial charge in [0.25, 0.3) is 5.69 Å². The minimum Gasteiger partial charge on any atom is -0.330 e. The van der Waals surface area contributed by atoms with Crippen molar-refractivity contribution < 1.29 is 4.92 Å². The van der Waals surface area contributed by atoms with E-state index >= 15 is 0 Å². The van der Waals surface area contributed by atoms with E-state index in [1.807, 2.05) is 12.1 Å². The Morgan fingerprint density at radius 1 is 1.50 bits per heavy atom. The minimum absolute atomic E-state index is 0.156. The minimum atomic E-state index is -0.312. The van der Waals surface area contributed by atoms with Crippen LogP contribution < -0.4 is 5.73 Å². The Bertz CT molecular complexity index is 450. The summed E-state index contributed by atoms with van der Waals surface area (Å²) in [7, 11) is 0. The number of nitrogens with zero attached hydrogens (tertiary/aromatic N) is 2. The summed E-state index contributed by atoms with van der Waals surface area (Å²) in [6.45, 7) is 5.34. The smallest absolute Gasteiger partial charge is 0.273 e. The molecule has 1 aliphatic rings. The van der Waals surface area contributed by atoms with Crippen molar-refractivity contribution in [3.63, 3.8) is 0 Å². The van der Waals surface area contributed by atoms with Crippen LogP contribution in [-0.2, 0) is 6.54 Å². The molecule has 2 N–H and O–H groups in total. The van der Waals surface area contributed by atoms with E-state index in [1.54, 1.807) is 12.1 Å². The zero-order valence-corrected chi connectivity index (χ0v) is 10.6. The van der Waals surface area contributed by atoms with Crippen molar-refractivity contribution in [2.45, 2.75) is 19.9 Å². The van der Waals surface area contributed by atoms with Crippen molar-refractivity contribution in [3.8, 4) is 0 Å². The molecule has 0 saturated carbocycles. The Morgan fingerprint density at radius 3 is 2.83 bits per heavy atom. The average Bonchev–Trinajstić information content (AvgIpc) is 2.72. The van der Waals surface area contributed by atoms with Gasteiger partial charge in [0, 0.05) is 24.7 Å². The summed E-state index contributed by atoms with van der Waals surface area (Å²) >= 11 is 0. The second kappa shape index (κ2) is 5.04. The molecule has 0 aromatic heterocycles. The first-order valence-corrected chi connectivity index (χ1v) is 6.19. The molecule has 0 spiro atoms. The van der Waals surface area contributed by atoms with Crippen LogP contribution in [0, 0.1) is 15.5 Å². The summed E-state index contributed by atoms with van der Waals surface area (Å²) in [6.07, 6.45) is 1.06. The number of likely N-dealkylation sites (tertiary alicyclic amines) is 1. The van der Waals surface area contributed by atoms with Gasteiger partial charge in [-0.05, 0) is 24.9 Å². The van der Waals surface area contributed by atoms with Gasteiger partial charge in [-0.2, -0.15) is 0 Å². The predicted octanol–water partition coefficient (Wildman–Crippen LogP) is 1.77. The number of benzene rings is 1. The third kappa shape index (κ3) is 2.68. The highest BCUT2D eigenvalue weighted by molar-refractivity contribution is 5.39. The lowest BCUT2D eigenvalue weighted by Gasteiger charge is -2.22. The maximum Gasteiger partial charge on any atom is 0.273 e. The van der Waals surface area contributed by atoms with Crippen LogP contribution >= 0.6 is 0 Å². The zero-order valence-electron chi connectivity index (χ0n) is 10.6. The highest BCUT2D eigenvalue weighted by atomic mass is 16.6. The van der Waals surface area contributed by atoms with E-state index in [0.717, 1.165) is 25.1 Å². The van der Waals surface area contributed by atoms with Gasteiger partial charge in [-0.25, -0.2) is 0 Å². The summed E-state index contributed by atoms with van der Waals surface area (Å²) in [5, 5.41) is 10.9. The molecule has 1 aromatic carbocycles. The Morgan fingerprint density at radius 2 is 2.22 bits per heavy atom. The largest absolute Gasteiger partial charge is 0.330 e. The molecule has 2 rings (SSSR count). The van der Waals surface area contributed by atoms with Crippen molar-refractivity contribution in [3.05, 3.63) is 39.9 Å². The first-order valence-electron chi connectivity index (χ1n) is 6.19. The molecule has 0 aliphatic carbocycles. The molecular formula is C13H19N3O2.